The van der Waals surface area contributed by atoms with Gasteiger partial charge in [0.1, 0.15) is 0 Å². The predicted molar refractivity (Wildman–Crippen MR) is 69.2 cm³/mol. The molecule has 0 aliphatic heterocycles. The molecule has 1 fully saturated rings. The molecule has 1 aliphatic carbocycles. The molecule has 90 valence electrons. The first-order valence-electron chi connectivity index (χ1n) is 6.14. The Morgan fingerprint density at radius 2 is 2.00 bits per heavy atom. The quantitative estimate of drug-likeness (QED) is 0.507. The van der Waals surface area contributed by atoms with E-state index < -0.39 is 0 Å². The van der Waals surface area contributed by atoms with E-state index in [4.69, 9.17) is 0 Å². The van der Waals surface area contributed by atoms with Crippen LogP contribution in [0.1, 0.15) is 41.0 Å². The second-order valence-corrected chi connectivity index (χ2v) is 5.88. The summed E-state index contributed by atoms with van der Waals surface area (Å²) in [6, 6.07) is 0. The van der Waals surface area contributed by atoms with Crippen LogP contribution in [-0.2, 0) is 4.79 Å². The van der Waals surface area contributed by atoms with Crippen molar-refractivity contribution in [1.82, 2.24) is 0 Å². The molecule has 1 saturated carbocycles. The first kappa shape index (κ1) is 13.2. The monoisotopic (exact) mass is 220 g/mol. The number of hydrogen-bond donors (Lipinski definition) is 0. The maximum atomic E-state index is 11.1. The minimum absolute atomic E-state index is 0.120. The molecule has 16 heavy (non-hydrogen) atoms. The van der Waals surface area contributed by atoms with Crippen LogP contribution in [0.2, 0.25) is 0 Å². The summed E-state index contributed by atoms with van der Waals surface area (Å²) in [6.07, 6.45) is 4.95. The molecule has 0 aromatic heterocycles. The molecule has 0 aromatic carbocycles. The Morgan fingerprint density at radius 1 is 1.44 bits per heavy atom. The van der Waals surface area contributed by atoms with Crippen molar-refractivity contribution < 1.29 is 4.79 Å². The summed E-state index contributed by atoms with van der Waals surface area (Å²) in [5.74, 6) is 1.67. The highest BCUT2D eigenvalue weighted by atomic mass is 16.1. The zero-order chi connectivity index (χ0) is 12.5. The second kappa shape index (κ2) is 4.57. The Morgan fingerprint density at radius 3 is 2.50 bits per heavy atom. The maximum absolute atomic E-state index is 11.1. The summed E-state index contributed by atoms with van der Waals surface area (Å²) in [4.78, 5) is 11.1. The smallest absolute Gasteiger partial charge is 0.152 e. The van der Waals surface area contributed by atoms with Gasteiger partial charge in [0.25, 0.3) is 0 Å². The molecule has 0 N–H and O–H groups in total. The van der Waals surface area contributed by atoms with Crippen LogP contribution in [0.4, 0.5) is 0 Å². The Balaban J connectivity index is 2.99. The minimum Gasteiger partial charge on any atom is -0.295 e. The number of hydrogen-bond acceptors (Lipinski definition) is 1. The van der Waals surface area contributed by atoms with E-state index in [1.807, 2.05) is 0 Å². The van der Waals surface area contributed by atoms with Gasteiger partial charge in [0, 0.05) is 5.92 Å². The van der Waals surface area contributed by atoms with E-state index in [1.165, 1.54) is 12.0 Å². The van der Waals surface area contributed by atoms with Crippen molar-refractivity contribution in [3.63, 3.8) is 0 Å². The summed E-state index contributed by atoms with van der Waals surface area (Å²) in [6.45, 7) is 14.9. The number of carbonyl (C=O) groups excluding carboxylic acids is 1. The lowest BCUT2D eigenvalue weighted by Gasteiger charge is -2.46. The van der Waals surface area contributed by atoms with Gasteiger partial charge in [0.05, 0.1) is 0 Å². The van der Waals surface area contributed by atoms with E-state index in [0.717, 1.165) is 0 Å². The van der Waals surface area contributed by atoms with Crippen LogP contribution >= 0.6 is 0 Å². The van der Waals surface area contributed by atoms with Crippen molar-refractivity contribution in [1.29, 1.82) is 0 Å². The van der Waals surface area contributed by atoms with Crippen molar-refractivity contribution in [2.24, 2.45) is 23.2 Å². The van der Waals surface area contributed by atoms with Crippen LogP contribution in [0.3, 0.4) is 0 Å². The molecule has 3 unspecified atom stereocenters. The fourth-order valence-electron chi connectivity index (χ4n) is 2.68. The average Bonchev–Trinajstić information content (AvgIpc) is 2.14. The van der Waals surface area contributed by atoms with Gasteiger partial charge >= 0.3 is 0 Å². The fourth-order valence-corrected chi connectivity index (χ4v) is 2.68. The topological polar surface area (TPSA) is 17.1 Å². The highest BCUT2D eigenvalue weighted by Gasteiger charge is 2.41. The summed E-state index contributed by atoms with van der Waals surface area (Å²) >= 11 is 0. The molecule has 1 rings (SSSR count). The van der Waals surface area contributed by atoms with Gasteiger partial charge in [-0.05, 0) is 36.7 Å². The van der Waals surface area contributed by atoms with Crippen LogP contribution in [0.25, 0.3) is 0 Å². The second-order valence-electron chi connectivity index (χ2n) is 5.88. The van der Waals surface area contributed by atoms with Crippen molar-refractivity contribution in [2.45, 2.75) is 41.0 Å². The number of allylic oxidation sites excluding steroid dienone is 3. The van der Waals surface area contributed by atoms with E-state index in [2.05, 4.69) is 40.3 Å². The van der Waals surface area contributed by atoms with Gasteiger partial charge < -0.3 is 0 Å². The van der Waals surface area contributed by atoms with E-state index in [-0.39, 0.29) is 11.2 Å². The molecule has 1 aliphatic rings. The lowest BCUT2D eigenvalue weighted by Crippen LogP contribution is -2.38. The third-order valence-corrected chi connectivity index (χ3v) is 4.33. The van der Waals surface area contributed by atoms with Gasteiger partial charge in [-0.15, -0.1) is 0 Å². The molecular weight excluding hydrogens is 196 g/mol. The maximum Gasteiger partial charge on any atom is 0.152 e. The summed E-state index contributed by atoms with van der Waals surface area (Å²) in [5.41, 5.74) is 1.48. The molecule has 3 atom stereocenters. The van der Waals surface area contributed by atoms with Crippen molar-refractivity contribution in [3.8, 4) is 0 Å². The number of carbonyl (C=O) groups is 1. The van der Waals surface area contributed by atoms with Gasteiger partial charge in [0.2, 0.25) is 0 Å². The van der Waals surface area contributed by atoms with Crippen LogP contribution in [0.5, 0.6) is 0 Å². The average molecular weight is 220 g/mol. The lowest BCUT2D eigenvalue weighted by atomic mass is 9.58. The molecule has 0 aromatic rings. The highest BCUT2D eigenvalue weighted by Crippen LogP contribution is 2.49. The Labute approximate surface area is 99.6 Å². The van der Waals surface area contributed by atoms with E-state index in [0.29, 0.717) is 17.8 Å². The Kier molecular flexibility index (Phi) is 3.77. The predicted octanol–water partition coefficient (Wildman–Crippen LogP) is 4.01. The minimum atomic E-state index is 0.120. The molecule has 0 radical (unpaired) electrons. The first-order chi connectivity index (χ1) is 7.26. The highest BCUT2D eigenvalue weighted by molar-refractivity contribution is 5.87. The first-order valence-corrected chi connectivity index (χ1v) is 6.14. The zero-order valence-electron chi connectivity index (χ0n) is 11.2. The van der Waals surface area contributed by atoms with Crippen LogP contribution < -0.4 is 0 Å². The van der Waals surface area contributed by atoms with E-state index in [9.17, 15) is 4.79 Å². The molecule has 0 bridgehead atoms. The van der Waals surface area contributed by atoms with Gasteiger partial charge in [-0.3, -0.25) is 4.79 Å². The number of rotatable bonds is 2. The van der Waals surface area contributed by atoms with Crippen molar-refractivity contribution >= 4 is 5.78 Å². The van der Waals surface area contributed by atoms with Gasteiger partial charge in [-0.25, -0.2) is 0 Å². The molecule has 0 amide bonds. The Hall–Kier alpha value is -0.850. The molecule has 0 spiro atoms. The van der Waals surface area contributed by atoms with E-state index >= 15 is 0 Å². The van der Waals surface area contributed by atoms with Crippen LogP contribution in [0, 0.1) is 23.2 Å². The number of ketones is 1. The van der Waals surface area contributed by atoms with E-state index in [1.54, 1.807) is 13.0 Å². The molecule has 1 heteroatoms. The Bertz CT molecular complexity index is 322. The third-order valence-electron chi connectivity index (χ3n) is 4.33. The molecule has 0 saturated heterocycles. The van der Waals surface area contributed by atoms with Gasteiger partial charge in [-0.2, -0.15) is 0 Å². The zero-order valence-corrected chi connectivity index (χ0v) is 11.2. The SMILES string of the molecule is C=C1C(C)CC(C)C(C)(C)C1/C=C/C(C)=O. The summed E-state index contributed by atoms with van der Waals surface area (Å²) < 4.78 is 0. The fraction of sp³-hybridized carbons (Fsp3) is 0.667. The standard InChI is InChI=1S/C15H24O/c1-10-9-11(2)15(5,6)14(13(10)4)8-7-12(3)16/h7-8,10-11,14H,4,9H2,1-3,5-6H3/b8-7+. The normalized spacial score (nSPS) is 34.3. The molecular formula is C15H24O. The molecule has 1 nitrogen and oxygen atoms in total. The summed E-state index contributed by atoms with van der Waals surface area (Å²) in [5, 5.41) is 0. The van der Waals surface area contributed by atoms with Gasteiger partial charge in [0.15, 0.2) is 5.78 Å². The van der Waals surface area contributed by atoms with Gasteiger partial charge in [-0.1, -0.05) is 45.9 Å². The van der Waals surface area contributed by atoms with Crippen LogP contribution in [-0.4, -0.2) is 5.78 Å². The third kappa shape index (κ3) is 2.45. The lowest BCUT2D eigenvalue weighted by molar-refractivity contribution is -0.112. The van der Waals surface area contributed by atoms with Crippen molar-refractivity contribution in [3.05, 3.63) is 24.3 Å². The largest absolute Gasteiger partial charge is 0.295 e. The molecule has 0 heterocycles. The summed E-state index contributed by atoms with van der Waals surface area (Å²) in [7, 11) is 0. The van der Waals surface area contributed by atoms with Crippen LogP contribution in [0.15, 0.2) is 24.3 Å². The van der Waals surface area contributed by atoms with Crippen molar-refractivity contribution in [2.75, 3.05) is 0 Å².